The molecule has 2 aromatic heterocycles. The van der Waals surface area contributed by atoms with Crippen molar-refractivity contribution < 1.29 is 9.47 Å². The average molecular weight is 377 g/mol. The number of hydrogen-bond acceptors (Lipinski definition) is 4. The van der Waals surface area contributed by atoms with E-state index in [1.807, 2.05) is 66.1 Å². The molecule has 6 heteroatoms. The molecule has 4 aromatic rings. The maximum atomic E-state index is 5.75. The van der Waals surface area contributed by atoms with E-state index in [1.54, 1.807) is 13.3 Å². The van der Waals surface area contributed by atoms with Crippen molar-refractivity contribution in [3.05, 3.63) is 65.6 Å². The number of ether oxygens (including phenoxy) is 2. The molecule has 4 rings (SSSR count). The molecule has 0 aliphatic heterocycles. The van der Waals surface area contributed by atoms with Crippen molar-refractivity contribution in [2.75, 3.05) is 13.7 Å². The standard InChI is InChI=1S/C21H19N3O2S/c1-3-26-19-7-5-4-6-16(19)17-12-22-21-23-18(13-24(21)20(17)27)14-8-10-15(25-2)11-9-14/h4-13H,3H2,1-2H3,(H,22,23). The molecule has 0 aliphatic carbocycles. The molecule has 0 saturated heterocycles. The van der Waals surface area contributed by atoms with Gasteiger partial charge in [0, 0.05) is 23.5 Å². The minimum Gasteiger partial charge on any atom is -0.497 e. The van der Waals surface area contributed by atoms with Crippen molar-refractivity contribution in [3.63, 3.8) is 0 Å². The molecular formula is C21H19N3O2S. The van der Waals surface area contributed by atoms with Crippen LogP contribution in [0.25, 0.3) is 28.2 Å². The third-order valence-electron chi connectivity index (χ3n) is 4.38. The zero-order valence-electron chi connectivity index (χ0n) is 15.1. The number of aromatic nitrogens is 3. The Morgan fingerprint density at radius 1 is 1.07 bits per heavy atom. The van der Waals surface area contributed by atoms with E-state index in [0.29, 0.717) is 17.0 Å². The second-order valence-electron chi connectivity index (χ2n) is 6.00. The number of para-hydroxylation sites is 1. The van der Waals surface area contributed by atoms with Gasteiger partial charge >= 0.3 is 0 Å². The molecule has 2 aromatic carbocycles. The molecule has 0 bridgehead atoms. The van der Waals surface area contributed by atoms with Gasteiger partial charge in [-0.05, 0) is 42.8 Å². The van der Waals surface area contributed by atoms with Gasteiger partial charge in [-0.1, -0.05) is 30.4 Å². The summed E-state index contributed by atoms with van der Waals surface area (Å²) >= 11 is 5.75. The molecule has 1 N–H and O–H groups in total. The van der Waals surface area contributed by atoms with Crippen LogP contribution in [-0.4, -0.2) is 28.1 Å². The Hall–Kier alpha value is -3.12. The fourth-order valence-electron chi connectivity index (χ4n) is 3.04. The second kappa shape index (κ2) is 7.25. The highest BCUT2D eigenvalue weighted by molar-refractivity contribution is 7.71. The van der Waals surface area contributed by atoms with E-state index in [4.69, 9.17) is 21.7 Å². The van der Waals surface area contributed by atoms with Gasteiger partial charge in [0.2, 0.25) is 5.78 Å². The Labute approximate surface area is 162 Å². The van der Waals surface area contributed by atoms with Gasteiger partial charge < -0.3 is 14.5 Å². The van der Waals surface area contributed by atoms with Crippen LogP contribution in [0.5, 0.6) is 11.5 Å². The van der Waals surface area contributed by atoms with E-state index in [0.717, 1.165) is 33.9 Å². The van der Waals surface area contributed by atoms with Crippen LogP contribution in [0, 0.1) is 4.64 Å². The fraction of sp³-hybridized carbons (Fsp3) is 0.143. The minimum atomic E-state index is 0.596. The zero-order chi connectivity index (χ0) is 18.8. The molecular weight excluding hydrogens is 358 g/mol. The van der Waals surface area contributed by atoms with Crippen LogP contribution < -0.4 is 9.47 Å². The Bertz CT molecular complexity index is 1150. The zero-order valence-corrected chi connectivity index (χ0v) is 15.9. The summed E-state index contributed by atoms with van der Waals surface area (Å²) in [7, 11) is 1.66. The number of fused-ring (bicyclic) bond motifs is 1. The molecule has 0 amide bonds. The van der Waals surface area contributed by atoms with Crippen LogP contribution in [-0.2, 0) is 0 Å². The lowest BCUT2D eigenvalue weighted by atomic mass is 10.1. The number of nitrogens with one attached hydrogen (secondary N) is 1. The largest absolute Gasteiger partial charge is 0.497 e. The predicted octanol–water partition coefficient (Wildman–Crippen LogP) is 5.13. The topological polar surface area (TPSA) is 51.5 Å². The van der Waals surface area contributed by atoms with Crippen LogP contribution in [0.15, 0.2) is 60.9 Å². The lowest BCUT2D eigenvalue weighted by Gasteiger charge is -2.10. The van der Waals surface area contributed by atoms with Crippen molar-refractivity contribution in [1.29, 1.82) is 0 Å². The van der Waals surface area contributed by atoms with Crippen molar-refractivity contribution >= 4 is 18.0 Å². The van der Waals surface area contributed by atoms with Crippen molar-refractivity contribution in [2.45, 2.75) is 6.92 Å². The first kappa shape index (κ1) is 17.3. The summed E-state index contributed by atoms with van der Waals surface area (Å²) in [5.41, 5.74) is 3.78. The van der Waals surface area contributed by atoms with Gasteiger partial charge in [0.05, 0.1) is 19.4 Å². The number of H-pyrrole nitrogens is 1. The molecule has 2 heterocycles. The van der Waals surface area contributed by atoms with E-state index in [-0.39, 0.29) is 0 Å². The summed E-state index contributed by atoms with van der Waals surface area (Å²) in [6, 6.07) is 15.7. The van der Waals surface area contributed by atoms with Gasteiger partial charge in [0.1, 0.15) is 16.1 Å². The number of methoxy groups -OCH3 is 1. The number of hydrogen-bond donors (Lipinski definition) is 1. The SMILES string of the molecule is CCOc1ccccc1-c1cnc2[nH]c(-c3ccc(OC)cc3)cn2c1=S. The molecule has 0 atom stereocenters. The number of benzene rings is 2. The fourth-order valence-corrected chi connectivity index (χ4v) is 3.34. The van der Waals surface area contributed by atoms with Gasteiger partial charge in [0.15, 0.2) is 0 Å². The molecule has 136 valence electrons. The van der Waals surface area contributed by atoms with Crippen molar-refractivity contribution in [1.82, 2.24) is 14.4 Å². The van der Waals surface area contributed by atoms with Gasteiger partial charge in [-0.3, -0.25) is 4.40 Å². The van der Waals surface area contributed by atoms with Crippen LogP contribution in [0.4, 0.5) is 0 Å². The molecule has 0 radical (unpaired) electrons. The summed E-state index contributed by atoms with van der Waals surface area (Å²) in [4.78, 5) is 7.88. The van der Waals surface area contributed by atoms with Gasteiger partial charge in [-0.2, -0.15) is 0 Å². The summed E-state index contributed by atoms with van der Waals surface area (Å²) in [5, 5.41) is 0. The molecule has 27 heavy (non-hydrogen) atoms. The molecule has 0 spiro atoms. The quantitative estimate of drug-likeness (QED) is 0.490. The van der Waals surface area contributed by atoms with E-state index in [1.165, 1.54) is 0 Å². The van der Waals surface area contributed by atoms with Crippen LogP contribution in [0.3, 0.4) is 0 Å². The summed E-state index contributed by atoms with van der Waals surface area (Å²) in [5.74, 6) is 2.32. The maximum absolute atomic E-state index is 5.75. The molecule has 5 nitrogen and oxygen atoms in total. The maximum Gasteiger partial charge on any atom is 0.212 e. The lowest BCUT2D eigenvalue weighted by molar-refractivity contribution is 0.341. The first-order valence-electron chi connectivity index (χ1n) is 8.68. The van der Waals surface area contributed by atoms with Crippen LogP contribution in [0.2, 0.25) is 0 Å². The predicted molar refractivity (Wildman–Crippen MR) is 109 cm³/mol. The third-order valence-corrected chi connectivity index (χ3v) is 4.79. The second-order valence-corrected chi connectivity index (χ2v) is 6.38. The molecule has 0 saturated carbocycles. The number of rotatable bonds is 5. The third kappa shape index (κ3) is 3.19. The van der Waals surface area contributed by atoms with Crippen molar-refractivity contribution in [2.24, 2.45) is 0 Å². The number of imidazole rings is 1. The molecule has 0 fully saturated rings. The first-order valence-corrected chi connectivity index (χ1v) is 9.09. The van der Waals surface area contributed by atoms with E-state index >= 15 is 0 Å². The van der Waals surface area contributed by atoms with Crippen molar-refractivity contribution in [3.8, 4) is 33.9 Å². The molecule has 0 aliphatic rings. The average Bonchev–Trinajstić information content (AvgIpc) is 3.15. The Balaban J connectivity index is 1.82. The smallest absolute Gasteiger partial charge is 0.212 e. The Morgan fingerprint density at radius 3 is 2.59 bits per heavy atom. The number of aromatic amines is 1. The Kier molecular flexibility index (Phi) is 4.64. The van der Waals surface area contributed by atoms with Gasteiger partial charge in [-0.15, -0.1) is 0 Å². The number of nitrogens with zero attached hydrogens (tertiary/aromatic N) is 2. The Morgan fingerprint density at radius 2 is 1.85 bits per heavy atom. The highest BCUT2D eigenvalue weighted by Gasteiger charge is 2.12. The van der Waals surface area contributed by atoms with E-state index in [9.17, 15) is 0 Å². The molecule has 0 unspecified atom stereocenters. The normalized spacial score (nSPS) is 10.9. The summed E-state index contributed by atoms with van der Waals surface area (Å²) < 4.78 is 13.6. The minimum absolute atomic E-state index is 0.596. The van der Waals surface area contributed by atoms with E-state index in [2.05, 4.69) is 9.97 Å². The highest BCUT2D eigenvalue weighted by atomic mass is 32.1. The first-order chi connectivity index (χ1) is 13.2. The highest BCUT2D eigenvalue weighted by Crippen LogP contribution is 2.31. The van der Waals surface area contributed by atoms with Gasteiger partial charge in [0.25, 0.3) is 0 Å². The van der Waals surface area contributed by atoms with Crippen LogP contribution >= 0.6 is 12.2 Å². The van der Waals surface area contributed by atoms with Gasteiger partial charge in [-0.25, -0.2) is 4.98 Å². The van der Waals surface area contributed by atoms with Crippen LogP contribution in [0.1, 0.15) is 6.92 Å². The monoisotopic (exact) mass is 377 g/mol. The lowest BCUT2D eigenvalue weighted by Crippen LogP contribution is -1.97. The summed E-state index contributed by atoms with van der Waals surface area (Å²) in [6.45, 7) is 2.56. The summed E-state index contributed by atoms with van der Waals surface area (Å²) in [6.07, 6.45) is 3.77. The van der Waals surface area contributed by atoms with E-state index < -0.39 is 0 Å².